The minimum atomic E-state index is -0.150. The van der Waals surface area contributed by atoms with Crippen molar-refractivity contribution in [3.05, 3.63) is 57.6 Å². The average molecular weight is 380 g/mol. The molecule has 0 saturated carbocycles. The molecule has 1 N–H and O–H groups in total. The molecule has 7 nitrogen and oxygen atoms in total. The fourth-order valence-electron chi connectivity index (χ4n) is 3.72. The molecule has 1 aliphatic rings. The molecule has 0 spiro atoms. The molecule has 2 aromatic heterocycles. The molecule has 1 aliphatic heterocycles. The molecule has 1 atom stereocenters. The van der Waals surface area contributed by atoms with Crippen molar-refractivity contribution < 1.29 is 9.21 Å². The SMILES string of the molecule is Cc1nc(C2CCCN(C(=O)c3ccc4oc(C(C)C)nc4c3)C2)cc(=O)[nH]1. The molecule has 7 heteroatoms. The van der Waals surface area contributed by atoms with Crippen LogP contribution in [0.4, 0.5) is 0 Å². The highest BCUT2D eigenvalue weighted by Crippen LogP contribution is 2.27. The van der Waals surface area contributed by atoms with Gasteiger partial charge in [-0.1, -0.05) is 13.8 Å². The Balaban J connectivity index is 1.57. The minimum absolute atomic E-state index is 0.0257. The van der Waals surface area contributed by atoms with Crippen molar-refractivity contribution in [2.24, 2.45) is 0 Å². The fourth-order valence-corrected chi connectivity index (χ4v) is 3.72. The number of likely N-dealkylation sites (tertiary alicyclic amines) is 1. The number of hydrogen-bond donors (Lipinski definition) is 1. The first-order valence-electron chi connectivity index (χ1n) is 9.68. The third kappa shape index (κ3) is 3.56. The first kappa shape index (κ1) is 18.4. The topological polar surface area (TPSA) is 92.1 Å². The molecule has 1 aromatic carbocycles. The molecule has 0 aliphatic carbocycles. The Morgan fingerprint density at radius 3 is 2.86 bits per heavy atom. The first-order chi connectivity index (χ1) is 13.4. The van der Waals surface area contributed by atoms with E-state index >= 15 is 0 Å². The Bertz CT molecular complexity index is 1080. The van der Waals surface area contributed by atoms with Crippen molar-refractivity contribution in [1.29, 1.82) is 0 Å². The van der Waals surface area contributed by atoms with Crippen LogP contribution >= 0.6 is 0 Å². The molecule has 28 heavy (non-hydrogen) atoms. The quantitative estimate of drug-likeness (QED) is 0.752. The van der Waals surface area contributed by atoms with Crippen LogP contribution in [0.15, 0.2) is 33.5 Å². The summed E-state index contributed by atoms with van der Waals surface area (Å²) in [7, 11) is 0. The number of rotatable bonds is 3. The molecule has 1 amide bonds. The van der Waals surface area contributed by atoms with Crippen LogP contribution in [0.2, 0.25) is 0 Å². The van der Waals surface area contributed by atoms with Crippen molar-refractivity contribution in [2.75, 3.05) is 13.1 Å². The molecule has 1 fully saturated rings. The highest BCUT2D eigenvalue weighted by molar-refractivity contribution is 5.97. The molecule has 3 heterocycles. The van der Waals surface area contributed by atoms with Gasteiger partial charge in [-0.3, -0.25) is 9.59 Å². The number of nitrogens with zero attached hydrogens (tertiary/aromatic N) is 3. The monoisotopic (exact) mass is 380 g/mol. The number of H-pyrrole nitrogens is 1. The molecule has 0 radical (unpaired) electrons. The van der Waals surface area contributed by atoms with Gasteiger partial charge in [0.05, 0.1) is 5.69 Å². The number of nitrogens with one attached hydrogen (secondary N) is 1. The number of hydrogen-bond acceptors (Lipinski definition) is 5. The van der Waals surface area contributed by atoms with Gasteiger partial charge in [0.1, 0.15) is 11.3 Å². The second-order valence-electron chi connectivity index (χ2n) is 7.74. The summed E-state index contributed by atoms with van der Waals surface area (Å²) in [5, 5.41) is 0. The summed E-state index contributed by atoms with van der Waals surface area (Å²) in [5.41, 5.74) is 2.61. The number of aromatic nitrogens is 3. The van der Waals surface area contributed by atoms with Gasteiger partial charge in [-0.25, -0.2) is 9.97 Å². The second kappa shape index (κ2) is 7.22. The van der Waals surface area contributed by atoms with Gasteiger partial charge in [0.15, 0.2) is 11.5 Å². The normalized spacial score (nSPS) is 17.4. The van der Waals surface area contributed by atoms with Crippen LogP contribution < -0.4 is 5.56 Å². The van der Waals surface area contributed by atoms with Crippen LogP contribution in [0.25, 0.3) is 11.1 Å². The molecule has 1 unspecified atom stereocenters. The lowest BCUT2D eigenvalue weighted by molar-refractivity contribution is 0.0706. The second-order valence-corrected chi connectivity index (χ2v) is 7.74. The predicted octanol–water partition coefficient (Wildman–Crippen LogP) is 3.36. The van der Waals surface area contributed by atoms with Crippen molar-refractivity contribution in [2.45, 2.75) is 45.4 Å². The standard InChI is InChI=1S/C21H24N4O3/c1-12(2)20-24-17-9-14(6-7-18(17)28-20)21(27)25-8-4-5-15(11-25)16-10-19(26)23-13(3)22-16/h6-7,9-10,12,15H,4-5,8,11H2,1-3H3,(H,22,23,26). The van der Waals surface area contributed by atoms with Gasteiger partial charge < -0.3 is 14.3 Å². The van der Waals surface area contributed by atoms with E-state index < -0.39 is 0 Å². The number of carbonyl (C=O) groups is 1. The van der Waals surface area contributed by atoms with Crippen molar-refractivity contribution in [1.82, 2.24) is 19.9 Å². The molecule has 3 aromatic rings. The molecular formula is C21H24N4O3. The zero-order valence-electron chi connectivity index (χ0n) is 16.4. The number of aryl methyl sites for hydroxylation is 1. The van der Waals surface area contributed by atoms with Gasteiger partial charge in [0.25, 0.3) is 11.5 Å². The molecule has 146 valence electrons. The van der Waals surface area contributed by atoms with E-state index in [1.165, 1.54) is 0 Å². The van der Waals surface area contributed by atoms with E-state index in [1.54, 1.807) is 25.1 Å². The summed E-state index contributed by atoms with van der Waals surface area (Å²) in [6, 6.07) is 6.94. The fraction of sp³-hybridized carbons (Fsp3) is 0.429. The van der Waals surface area contributed by atoms with Crippen molar-refractivity contribution >= 4 is 17.0 Å². The van der Waals surface area contributed by atoms with E-state index in [1.807, 2.05) is 24.8 Å². The highest BCUT2D eigenvalue weighted by atomic mass is 16.3. The Morgan fingerprint density at radius 1 is 1.29 bits per heavy atom. The third-order valence-electron chi connectivity index (χ3n) is 5.15. The first-order valence-corrected chi connectivity index (χ1v) is 9.68. The lowest BCUT2D eigenvalue weighted by atomic mass is 9.94. The largest absolute Gasteiger partial charge is 0.440 e. The Hall–Kier alpha value is -2.96. The lowest BCUT2D eigenvalue weighted by Crippen LogP contribution is -2.39. The molecule has 0 bridgehead atoms. The van der Waals surface area contributed by atoms with Gasteiger partial charge in [-0.15, -0.1) is 0 Å². The van der Waals surface area contributed by atoms with E-state index in [4.69, 9.17) is 4.42 Å². The van der Waals surface area contributed by atoms with Crippen LogP contribution in [0.1, 0.15) is 66.3 Å². The van der Waals surface area contributed by atoms with E-state index in [2.05, 4.69) is 15.0 Å². The van der Waals surface area contributed by atoms with Gasteiger partial charge in [0, 0.05) is 36.6 Å². The van der Waals surface area contributed by atoms with Crippen LogP contribution in [-0.2, 0) is 0 Å². The van der Waals surface area contributed by atoms with Crippen LogP contribution in [0.3, 0.4) is 0 Å². The number of piperidine rings is 1. The predicted molar refractivity (Wildman–Crippen MR) is 106 cm³/mol. The van der Waals surface area contributed by atoms with Gasteiger partial charge in [-0.2, -0.15) is 0 Å². The van der Waals surface area contributed by atoms with Crippen LogP contribution in [0.5, 0.6) is 0 Å². The van der Waals surface area contributed by atoms with Crippen LogP contribution in [-0.4, -0.2) is 38.8 Å². The maximum Gasteiger partial charge on any atom is 0.253 e. The summed E-state index contributed by atoms with van der Waals surface area (Å²) in [6.07, 6.45) is 1.80. The van der Waals surface area contributed by atoms with Crippen molar-refractivity contribution in [3.8, 4) is 0 Å². The minimum Gasteiger partial charge on any atom is -0.440 e. The van der Waals surface area contributed by atoms with Gasteiger partial charge in [-0.05, 0) is 38.0 Å². The molecular weight excluding hydrogens is 356 g/mol. The maximum atomic E-state index is 13.1. The van der Waals surface area contributed by atoms with Crippen molar-refractivity contribution in [3.63, 3.8) is 0 Å². The summed E-state index contributed by atoms with van der Waals surface area (Å²) < 4.78 is 5.73. The van der Waals surface area contributed by atoms with Gasteiger partial charge >= 0.3 is 0 Å². The maximum absolute atomic E-state index is 13.1. The van der Waals surface area contributed by atoms with Crippen LogP contribution in [0, 0.1) is 6.92 Å². The zero-order chi connectivity index (χ0) is 19.8. The van der Waals surface area contributed by atoms with E-state index in [0.717, 1.165) is 18.5 Å². The molecule has 1 saturated heterocycles. The average Bonchev–Trinajstić information content (AvgIpc) is 3.10. The number of fused-ring (bicyclic) bond motifs is 1. The number of benzene rings is 1. The Morgan fingerprint density at radius 2 is 2.11 bits per heavy atom. The third-order valence-corrected chi connectivity index (χ3v) is 5.15. The van der Waals surface area contributed by atoms with Gasteiger partial charge in [0.2, 0.25) is 0 Å². The number of amides is 1. The number of aromatic amines is 1. The van der Waals surface area contributed by atoms with E-state index in [9.17, 15) is 9.59 Å². The number of carbonyl (C=O) groups excluding carboxylic acids is 1. The number of oxazole rings is 1. The summed E-state index contributed by atoms with van der Waals surface area (Å²) in [5.74, 6) is 1.51. The summed E-state index contributed by atoms with van der Waals surface area (Å²) >= 11 is 0. The molecule has 4 rings (SSSR count). The smallest absolute Gasteiger partial charge is 0.253 e. The Labute approximate surface area is 162 Å². The zero-order valence-corrected chi connectivity index (χ0v) is 16.4. The highest BCUT2D eigenvalue weighted by Gasteiger charge is 2.27. The van der Waals surface area contributed by atoms with E-state index in [-0.39, 0.29) is 23.3 Å². The lowest BCUT2D eigenvalue weighted by Gasteiger charge is -2.32. The summed E-state index contributed by atoms with van der Waals surface area (Å²) in [4.78, 5) is 38.3. The Kier molecular flexibility index (Phi) is 4.75. The van der Waals surface area contributed by atoms with E-state index in [0.29, 0.717) is 41.5 Å². The summed E-state index contributed by atoms with van der Waals surface area (Å²) in [6.45, 7) is 7.08.